The molecular formula is C23H25N5O2. The van der Waals surface area contributed by atoms with Crippen molar-refractivity contribution in [3.8, 4) is 22.8 Å². The van der Waals surface area contributed by atoms with E-state index in [2.05, 4.69) is 43.3 Å². The fourth-order valence-electron chi connectivity index (χ4n) is 4.34. The van der Waals surface area contributed by atoms with Gasteiger partial charge in [0.15, 0.2) is 11.5 Å². The number of H-pyrrole nitrogens is 2. The van der Waals surface area contributed by atoms with Crippen LogP contribution in [0.5, 0.6) is 11.5 Å². The zero-order valence-electron chi connectivity index (χ0n) is 17.2. The number of aromatic amines is 2. The van der Waals surface area contributed by atoms with Gasteiger partial charge in [-0.05, 0) is 43.2 Å². The van der Waals surface area contributed by atoms with Gasteiger partial charge in [-0.25, -0.2) is 4.98 Å². The average molecular weight is 403 g/mol. The second-order valence-corrected chi connectivity index (χ2v) is 7.61. The zero-order chi connectivity index (χ0) is 20.5. The number of aromatic nitrogens is 4. The van der Waals surface area contributed by atoms with Crippen LogP contribution >= 0.6 is 0 Å². The van der Waals surface area contributed by atoms with E-state index in [1.165, 1.54) is 11.4 Å². The molecular weight excluding hydrogens is 378 g/mol. The molecule has 0 saturated carbocycles. The Morgan fingerprint density at radius 3 is 2.63 bits per heavy atom. The van der Waals surface area contributed by atoms with Gasteiger partial charge < -0.3 is 19.4 Å². The van der Waals surface area contributed by atoms with Crippen LogP contribution in [0.4, 0.5) is 5.69 Å². The number of benzene rings is 1. The number of nitrogens with one attached hydrogen (secondary N) is 2. The van der Waals surface area contributed by atoms with E-state index in [1.807, 2.05) is 30.6 Å². The molecule has 1 aliphatic heterocycles. The van der Waals surface area contributed by atoms with Crippen molar-refractivity contribution < 1.29 is 9.47 Å². The monoisotopic (exact) mass is 403 g/mol. The second kappa shape index (κ2) is 7.74. The van der Waals surface area contributed by atoms with Crippen molar-refractivity contribution in [2.45, 2.75) is 18.8 Å². The molecule has 2 N–H and O–H groups in total. The van der Waals surface area contributed by atoms with E-state index in [0.717, 1.165) is 59.7 Å². The lowest BCUT2D eigenvalue weighted by Gasteiger charge is -2.33. The number of rotatable bonds is 5. The molecule has 5 rings (SSSR count). The first-order valence-electron chi connectivity index (χ1n) is 10.2. The molecule has 1 fully saturated rings. The molecule has 4 aromatic rings. The molecule has 3 aromatic heterocycles. The molecule has 4 heterocycles. The maximum absolute atomic E-state index is 5.46. The summed E-state index contributed by atoms with van der Waals surface area (Å²) in [6.07, 6.45) is 5.89. The number of methoxy groups -OCH3 is 2. The van der Waals surface area contributed by atoms with Crippen molar-refractivity contribution in [2.24, 2.45) is 0 Å². The summed E-state index contributed by atoms with van der Waals surface area (Å²) in [5.74, 6) is 2.00. The third-order valence-corrected chi connectivity index (χ3v) is 6.00. The summed E-state index contributed by atoms with van der Waals surface area (Å²) in [6, 6.07) is 12.4. The Labute approximate surface area is 175 Å². The molecule has 1 aromatic carbocycles. The lowest BCUT2D eigenvalue weighted by molar-refractivity contribution is 0.355. The Kier molecular flexibility index (Phi) is 4.78. The van der Waals surface area contributed by atoms with E-state index in [1.54, 1.807) is 14.2 Å². The molecule has 0 spiro atoms. The predicted octanol–water partition coefficient (Wildman–Crippen LogP) is 4.35. The first-order chi connectivity index (χ1) is 14.8. The Morgan fingerprint density at radius 1 is 1.00 bits per heavy atom. The van der Waals surface area contributed by atoms with Gasteiger partial charge in [0, 0.05) is 59.8 Å². The molecule has 7 nitrogen and oxygen atoms in total. The Balaban J connectivity index is 1.30. The van der Waals surface area contributed by atoms with Crippen LogP contribution in [0, 0.1) is 0 Å². The van der Waals surface area contributed by atoms with Crippen molar-refractivity contribution >= 4 is 16.7 Å². The third-order valence-electron chi connectivity index (χ3n) is 6.00. The largest absolute Gasteiger partial charge is 0.493 e. The normalized spacial score (nSPS) is 14.9. The highest BCUT2D eigenvalue weighted by Gasteiger charge is 2.23. The summed E-state index contributed by atoms with van der Waals surface area (Å²) in [5, 5.41) is 8.98. The first kappa shape index (κ1) is 18.5. The maximum Gasteiger partial charge on any atom is 0.162 e. The van der Waals surface area contributed by atoms with Gasteiger partial charge in [0.05, 0.1) is 19.9 Å². The molecule has 0 unspecified atom stereocenters. The van der Waals surface area contributed by atoms with Gasteiger partial charge >= 0.3 is 0 Å². The standard InChI is InChI=1S/C23H25N5O2/c1-29-21-4-3-16(13-22(21)30-2)28-11-7-15(8-12-28)19-14-20(27-26-19)17-5-9-24-23-18(17)6-10-25-23/h3-6,9-10,13-15H,7-8,11-12H2,1-2H3,(H,24,25)(H,26,27). The van der Waals surface area contributed by atoms with E-state index in [4.69, 9.17) is 9.47 Å². The van der Waals surface area contributed by atoms with Crippen LogP contribution in [0.15, 0.2) is 48.8 Å². The molecule has 0 atom stereocenters. The van der Waals surface area contributed by atoms with E-state index >= 15 is 0 Å². The molecule has 30 heavy (non-hydrogen) atoms. The fraction of sp³-hybridized carbons (Fsp3) is 0.304. The quantitative estimate of drug-likeness (QED) is 0.518. The molecule has 1 aliphatic rings. The van der Waals surface area contributed by atoms with Crippen molar-refractivity contribution in [1.82, 2.24) is 20.2 Å². The van der Waals surface area contributed by atoms with Gasteiger partial charge in [-0.2, -0.15) is 5.10 Å². The van der Waals surface area contributed by atoms with E-state index < -0.39 is 0 Å². The summed E-state index contributed by atoms with van der Waals surface area (Å²) in [7, 11) is 3.34. The third kappa shape index (κ3) is 3.26. The van der Waals surface area contributed by atoms with Crippen LogP contribution in [0.2, 0.25) is 0 Å². The van der Waals surface area contributed by atoms with Gasteiger partial charge in [-0.1, -0.05) is 0 Å². The van der Waals surface area contributed by atoms with Crippen LogP contribution in [-0.2, 0) is 0 Å². The van der Waals surface area contributed by atoms with Gasteiger partial charge in [0.2, 0.25) is 0 Å². The SMILES string of the molecule is COc1ccc(N2CCC(c3cc(-c4ccnc5[nH]ccc45)n[nH]3)CC2)cc1OC. The van der Waals surface area contributed by atoms with Crippen molar-refractivity contribution in [2.75, 3.05) is 32.2 Å². The topological polar surface area (TPSA) is 79.1 Å². The van der Waals surface area contributed by atoms with Crippen molar-refractivity contribution in [3.05, 3.63) is 54.5 Å². The van der Waals surface area contributed by atoms with Gasteiger partial charge in [-0.15, -0.1) is 0 Å². The highest BCUT2D eigenvalue weighted by atomic mass is 16.5. The van der Waals surface area contributed by atoms with E-state index in [0.29, 0.717) is 5.92 Å². The molecule has 0 aliphatic carbocycles. The number of pyridine rings is 1. The minimum absolute atomic E-state index is 0.478. The van der Waals surface area contributed by atoms with Gasteiger partial charge in [0.1, 0.15) is 5.65 Å². The number of fused-ring (bicyclic) bond motifs is 1. The van der Waals surface area contributed by atoms with Crippen LogP contribution in [0.3, 0.4) is 0 Å². The van der Waals surface area contributed by atoms with Gasteiger partial charge in [-0.3, -0.25) is 5.10 Å². The second-order valence-electron chi connectivity index (χ2n) is 7.61. The number of piperidine rings is 1. The summed E-state index contributed by atoms with van der Waals surface area (Å²) in [4.78, 5) is 9.94. The summed E-state index contributed by atoms with van der Waals surface area (Å²) < 4.78 is 10.8. The molecule has 0 amide bonds. The van der Waals surface area contributed by atoms with Crippen molar-refractivity contribution in [1.29, 1.82) is 0 Å². The van der Waals surface area contributed by atoms with Crippen LogP contribution < -0.4 is 14.4 Å². The molecule has 0 bridgehead atoms. The number of hydrogen-bond acceptors (Lipinski definition) is 5. The number of anilines is 1. The average Bonchev–Trinajstić information content (AvgIpc) is 3.48. The van der Waals surface area contributed by atoms with Crippen LogP contribution in [0.1, 0.15) is 24.5 Å². The maximum atomic E-state index is 5.46. The summed E-state index contributed by atoms with van der Waals surface area (Å²) >= 11 is 0. The van der Waals surface area contributed by atoms with Crippen LogP contribution in [0.25, 0.3) is 22.3 Å². The zero-order valence-corrected chi connectivity index (χ0v) is 17.2. The van der Waals surface area contributed by atoms with Crippen molar-refractivity contribution in [3.63, 3.8) is 0 Å². The van der Waals surface area contributed by atoms with E-state index in [9.17, 15) is 0 Å². The Hall–Kier alpha value is -3.48. The Bertz CT molecular complexity index is 1160. The highest BCUT2D eigenvalue weighted by Crippen LogP contribution is 2.36. The number of hydrogen-bond donors (Lipinski definition) is 2. The first-order valence-corrected chi connectivity index (χ1v) is 10.2. The predicted molar refractivity (Wildman–Crippen MR) is 117 cm³/mol. The number of nitrogens with zero attached hydrogens (tertiary/aromatic N) is 3. The summed E-state index contributed by atoms with van der Waals surface area (Å²) in [6.45, 7) is 1.98. The summed E-state index contributed by atoms with van der Waals surface area (Å²) in [5.41, 5.74) is 5.34. The minimum Gasteiger partial charge on any atom is -0.493 e. The smallest absolute Gasteiger partial charge is 0.162 e. The van der Waals surface area contributed by atoms with E-state index in [-0.39, 0.29) is 0 Å². The lowest BCUT2D eigenvalue weighted by atomic mass is 9.92. The fourth-order valence-corrected chi connectivity index (χ4v) is 4.34. The van der Waals surface area contributed by atoms with Crippen LogP contribution in [-0.4, -0.2) is 47.5 Å². The molecule has 7 heteroatoms. The molecule has 0 radical (unpaired) electrons. The van der Waals surface area contributed by atoms with Gasteiger partial charge in [0.25, 0.3) is 0 Å². The molecule has 154 valence electrons. The minimum atomic E-state index is 0.478. The lowest BCUT2D eigenvalue weighted by Crippen LogP contribution is -2.32. The molecule has 1 saturated heterocycles. The Morgan fingerprint density at radius 2 is 1.83 bits per heavy atom. The number of ether oxygens (including phenoxy) is 2. The highest BCUT2D eigenvalue weighted by molar-refractivity contribution is 5.91.